The summed E-state index contributed by atoms with van der Waals surface area (Å²) >= 11 is 0. The SMILES string of the molecule is CCOc1ccc(Nc2cnc(C(=O)Nc3cccc4cccnc34)cn2)cc1. The molecule has 0 aliphatic rings. The van der Waals surface area contributed by atoms with Crippen molar-refractivity contribution in [1.29, 1.82) is 0 Å². The number of aromatic nitrogens is 3. The fourth-order valence-corrected chi connectivity index (χ4v) is 2.85. The van der Waals surface area contributed by atoms with E-state index in [1.54, 1.807) is 6.20 Å². The van der Waals surface area contributed by atoms with Crippen LogP contribution in [-0.2, 0) is 0 Å². The molecule has 2 aromatic heterocycles. The molecule has 0 spiro atoms. The average molecular weight is 385 g/mol. The van der Waals surface area contributed by atoms with Gasteiger partial charge in [-0.15, -0.1) is 0 Å². The summed E-state index contributed by atoms with van der Waals surface area (Å²) in [4.78, 5) is 25.4. The largest absolute Gasteiger partial charge is 0.494 e. The van der Waals surface area contributed by atoms with Crippen LogP contribution in [0.3, 0.4) is 0 Å². The highest BCUT2D eigenvalue weighted by molar-refractivity contribution is 6.07. The van der Waals surface area contributed by atoms with E-state index in [2.05, 4.69) is 25.6 Å². The van der Waals surface area contributed by atoms with Crippen LogP contribution < -0.4 is 15.4 Å². The standard InChI is InChI=1S/C22H19N5O2/c1-2-29-17-10-8-16(9-11-17)26-20-14-24-19(13-25-20)22(28)27-18-7-3-5-15-6-4-12-23-21(15)18/h3-14H,2H2,1H3,(H,25,26)(H,27,28). The number of ether oxygens (including phenoxy) is 1. The van der Waals surface area contributed by atoms with E-state index in [1.807, 2.05) is 61.5 Å². The maximum Gasteiger partial charge on any atom is 0.275 e. The third kappa shape index (κ3) is 4.30. The Hall–Kier alpha value is -4.00. The van der Waals surface area contributed by atoms with Gasteiger partial charge in [-0.05, 0) is 43.3 Å². The van der Waals surface area contributed by atoms with Crippen molar-refractivity contribution in [2.75, 3.05) is 17.2 Å². The van der Waals surface area contributed by atoms with Gasteiger partial charge in [0.2, 0.25) is 0 Å². The topological polar surface area (TPSA) is 89.0 Å². The number of nitrogens with zero attached hydrogens (tertiary/aromatic N) is 3. The Labute approximate surface area is 167 Å². The minimum atomic E-state index is -0.344. The van der Waals surface area contributed by atoms with E-state index in [9.17, 15) is 4.79 Å². The molecule has 4 rings (SSSR count). The van der Waals surface area contributed by atoms with E-state index < -0.39 is 0 Å². The molecule has 7 heteroatoms. The van der Waals surface area contributed by atoms with Crippen molar-refractivity contribution in [3.05, 3.63) is 78.9 Å². The first-order chi connectivity index (χ1) is 14.2. The Kier molecular flexibility index (Phi) is 5.29. The highest BCUT2D eigenvalue weighted by atomic mass is 16.5. The number of carbonyl (C=O) groups excluding carboxylic acids is 1. The molecule has 2 N–H and O–H groups in total. The van der Waals surface area contributed by atoms with Gasteiger partial charge in [0.1, 0.15) is 17.3 Å². The molecule has 2 aromatic carbocycles. The zero-order chi connectivity index (χ0) is 20.1. The normalized spacial score (nSPS) is 10.5. The molecule has 0 saturated heterocycles. The summed E-state index contributed by atoms with van der Waals surface area (Å²) in [6, 6.07) is 17.0. The van der Waals surface area contributed by atoms with Crippen LogP contribution in [0.4, 0.5) is 17.2 Å². The van der Waals surface area contributed by atoms with Crippen LogP contribution >= 0.6 is 0 Å². The summed E-state index contributed by atoms with van der Waals surface area (Å²) in [5, 5.41) is 6.94. The van der Waals surface area contributed by atoms with Crippen LogP contribution in [0, 0.1) is 0 Å². The Morgan fingerprint density at radius 2 is 1.79 bits per heavy atom. The van der Waals surface area contributed by atoms with Crippen molar-refractivity contribution in [2.24, 2.45) is 0 Å². The molecule has 0 aliphatic heterocycles. The van der Waals surface area contributed by atoms with E-state index >= 15 is 0 Å². The van der Waals surface area contributed by atoms with E-state index in [0.29, 0.717) is 18.1 Å². The van der Waals surface area contributed by atoms with E-state index in [-0.39, 0.29) is 11.6 Å². The minimum Gasteiger partial charge on any atom is -0.494 e. The van der Waals surface area contributed by atoms with Crippen LogP contribution in [0.2, 0.25) is 0 Å². The van der Waals surface area contributed by atoms with Gasteiger partial charge in [-0.25, -0.2) is 9.97 Å². The average Bonchev–Trinajstić information content (AvgIpc) is 2.76. The Morgan fingerprint density at radius 1 is 0.966 bits per heavy atom. The van der Waals surface area contributed by atoms with Gasteiger partial charge < -0.3 is 15.4 Å². The van der Waals surface area contributed by atoms with Crippen molar-refractivity contribution in [2.45, 2.75) is 6.92 Å². The summed E-state index contributed by atoms with van der Waals surface area (Å²) in [5.41, 5.74) is 2.42. The van der Waals surface area contributed by atoms with Crippen molar-refractivity contribution >= 4 is 34.0 Å². The highest BCUT2D eigenvalue weighted by Crippen LogP contribution is 2.21. The second-order valence-corrected chi connectivity index (χ2v) is 6.20. The number of hydrogen-bond donors (Lipinski definition) is 2. The number of anilines is 3. The van der Waals surface area contributed by atoms with Gasteiger partial charge in [0.15, 0.2) is 0 Å². The molecule has 0 unspecified atom stereocenters. The van der Waals surface area contributed by atoms with Gasteiger partial charge >= 0.3 is 0 Å². The van der Waals surface area contributed by atoms with E-state index in [4.69, 9.17) is 4.74 Å². The number of benzene rings is 2. The summed E-state index contributed by atoms with van der Waals surface area (Å²) in [7, 11) is 0. The summed E-state index contributed by atoms with van der Waals surface area (Å²) in [6.45, 7) is 2.56. The Morgan fingerprint density at radius 3 is 2.55 bits per heavy atom. The van der Waals surface area contributed by atoms with E-state index in [0.717, 1.165) is 22.3 Å². The quantitative estimate of drug-likeness (QED) is 0.511. The third-order valence-electron chi connectivity index (χ3n) is 4.20. The molecule has 0 radical (unpaired) electrons. The molecule has 2 heterocycles. The molecule has 4 aromatic rings. The molecule has 7 nitrogen and oxygen atoms in total. The first-order valence-corrected chi connectivity index (χ1v) is 9.20. The summed E-state index contributed by atoms with van der Waals surface area (Å²) < 4.78 is 5.42. The zero-order valence-corrected chi connectivity index (χ0v) is 15.8. The number of carbonyl (C=O) groups is 1. The minimum absolute atomic E-state index is 0.218. The molecule has 0 aliphatic carbocycles. The molecule has 1 amide bonds. The predicted octanol–water partition coefficient (Wildman–Crippen LogP) is 4.42. The van der Waals surface area contributed by atoms with E-state index in [1.165, 1.54) is 12.4 Å². The van der Waals surface area contributed by atoms with Crippen LogP contribution in [-0.4, -0.2) is 27.5 Å². The van der Waals surface area contributed by atoms with Crippen molar-refractivity contribution < 1.29 is 9.53 Å². The molecule has 0 saturated carbocycles. The van der Waals surface area contributed by atoms with Crippen molar-refractivity contribution in [1.82, 2.24) is 15.0 Å². The third-order valence-corrected chi connectivity index (χ3v) is 4.20. The first-order valence-electron chi connectivity index (χ1n) is 9.20. The molecule has 144 valence electrons. The lowest BCUT2D eigenvalue weighted by molar-refractivity contribution is 0.102. The number of amides is 1. The fourth-order valence-electron chi connectivity index (χ4n) is 2.85. The fraction of sp³-hybridized carbons (Fsp3) is 0.0909. The number of hydrogen-bond acceptors (Lipinski definition) is 6. The van der Waals surface area contributed by atoms with Gasteiger partial charge in [-0.3, -0.25) is 9.78 Å². The molecular weight excluding hydrogens is 366 g/mol. The Bertz CT molecular complexity index is 1120. The maximum absolute atomic E-state index is 12.6. The summed E-state index contributed by atoms with van der Waals surface area (Å²) in [6.07, 6.45) is 4.65. The van der Waals surface area contributed by atoms with Crippen molar-refractivity contribution in [3.63, 3.8) is 0 Å². The Balaban J connectivity index is 1.45. The molecular formula is C22H19N5O2. The van der Waals surface area contributed by atoms with Gasteiger partial charge in [-0.1, -0.05) is 18.2 Å². The monoisotopic (exact) mass is 385 g/mol. The molecule has 0 bridgehead atoms. The lowest BCUT2D eigenvalue weighted by Crippen LogP contribution is -2.14. The number of fused-ring (bicyclic) bond motifs is 1. The van der Waals surface area contributed by atoms with Gasteiger partial charge in [0.25, 0.3) is 5.91 Å². The number of rotatable bonds is 6. The predicted molar refractivity (Wildman–Crippen MR) is 113 cm³/mol. The lowest BCUT2D eigenvalue weighted by atomic mass is 10.2. The van der Waals surface area contributed by atoms with Crippen molar-refractivity contribution in [3.8, 4) is 5.75 Å². The lowest BCUT2D eigenvalue weighted by Gasteiger charge is -2.09. The maximum atomic E-state index is 12.6. The van der Waals surface area contributed by atoms with Crippen LogP contribution in [0.1, 0.15) is 17.4 Å². The number of pyridine rings is 1. The van der Waals surface area contributed by atoms with Gasteiger partial charge in [0.05, 0.1) is 30.2 Å². The molecule has 29 heavy (non-hydrogen) atoms. The van der Waals surface area contributed by atoms with Gasteiger partial charge in [-0.2, -0.15) is 0 Å². The van der Waals surface area contributed by atoms with Gasteiger partial charge in [0, 0.05) is 17.3 Å². The highest BCUT2D eigenvalue weighted by Gasteiger charge is 2.11. The van der Waals surface area contributed by atoms with Crippen LogP contribution in [0.25, 0.3) is 10.9 Å². The van der Waals surface area contributed by atoms with Crippen LogP contribution in [0.5, 0.6) is 5.75 Å². The second-order valence-electron chi connectivity index (χ2n) is 6.20. The van der Waals surface area contributed by atoms with Crippen LogP contribution in [0.15, 0.2) is 73.2 Å². The molecule has 0 fully saturated rings. The summed E-state index contributed by atoms with van der Waals surface area (Å²) in [5.74, 6) is 1.000. The zero-order valence-electron chi connectivity index (χ0n) is 15.8. The first kappa shape index (κ1) is 18.4. The molecule has 0 atom stereocenters. The second kappa shape index (κ2) is 8.35. The smallest absolute Gasteiger partial charge is 0.275 e. The number of para-hydroxylation sites is 1. The number of nitrogens with one attached hydrogen (secondary N) is 2.